The van der Waals surface area contributed by atoms with Crippen molar-refractivity contribution >= 4 is 22.5 Å². The Labute approximate surface area is 100 Å². The number of para-hydroxylation sites is 1. The first-order chi connectivity index (χ1) is 7.72. The van der Waals surface area contributed by atoms with Crippen molar-refractivity contribution in [3.8, 4) is 0 Å². The highest BCUT2D eigenvalue weighted by Gasteiger charge is 2.11. The molecule has 1 atom stereocenters. The number of nitrogens with zero attached hydrogens (tertiary/aromatic N) is 1. The van der Waals surface area contributed by atoms with E-state index in [2.05, 4.69) is 24.0 Å². The minimum atomic E-state index is 0.356. The summed E-state index contributed by atoms with van der Waals surface area (Å²) in [6.45, 7) is 2.80. The van der Waals surface area contributed by atoms with Gasteiger partial charge in [0.05, 0.1) is 5.52 Å². The van der Waals surface area contributed by atoms with Crippen LogP contribution in [0.2, 0.25) is 5.15 Å². The molecule has 0 saturated heterocycles. The number of aromatic nitrogens is 1. The van der Waals surface area contributed by atoms with Crippen LogP contribution < -0.4 is 5.73 Å². The van der Waals surface area contributed by atoms with E-state index in [9.17, 15) is 0 Å². The zero-order valence-electron chi connectivity index (χ0n) is 9.28. The first kappa shape index (κ1) is 11.4. The molecule has 1 aromatic heterocycles. The Balaban J connectivity index is 2.49. The van der Waals surface area contributed by atoms with Crippen molar-refractivity contribution in [1.29, 1.82) is 0 Å². The Morgan fingerprint density at radius 2 is 2.12 bits per heavy atom. The highest BCUT2D eigenvalue weighted by atomic mass is 35.5. The molecule has 0 spiro atoms. The van der Waals surface area contributed by atoms with E-state index in [4.69, 9.17) is 17.3 Å². The third-order valence-corrected chi connectivity index (χ3v) is 3.14. The number of benzene rings is 1. The van der Waals surface area contributed by atoms with Crippen LogP contribution in [0.15, 0.2) is 30.3 Å². The fourth-order valence-electron chi connectivity index (χ4n) is 1.86. The lowest BCUT2D eigenvalue weighted by molar-refractivity contribution is 0.689. The summed E-state index contributed by atoms with van der Waals surface area (Å²) in [7, 11) is 0. The Hall–Kier alpha value is -1.12. The average molecular weight is 235 g/mol. The number of hydrogen-bond acceptors (Lipinski definition) is 2. The van der Waals surface area contributed by atoms with Crippen molar-refractivity contribution in [3.63, 3.8) is 0 Å². The third kappa shape index (κ3) is 2.18. The van der Waals surface area contributed by atoms with Gasteiger partial charge in [0, 0.05) is 5.39 Å². The van der Waals surface area contributed by atoms with E-state index in [1.807, 2.05) is 18.2 Å². The standard InChI is InChI=1S/C13H15ClN2/c1-9(6-7-15)11-8-10-4-2-3-5-12(10)16-13(11)14/h2-5,8-9H,6-7,15H2,1H3. The molecule has 0 fully saturated rings. The Bertz CT molecular complexity index is 496. The molecule has 1 aromatic carbocycles. The monoisotopic (exact) mass is 234 g/mol. The zero-order valence-corrected chi connectivity index (χ0v) is 10.0. The predicted octanol–water partition coefficient (Wildman–Crippen LogP) is 3.34. The highest BCUT2D eigenvalue weighted by Crippen LogP contribution is 2.28. The van der Waals surface area contributed by atoms with Gasteiger partial charge in [-0.25, -0.2) is 4.98 Å². The van der Waals surface area contributed by atoms with E-state index in [1.165, 1.54) is 0 Å². The summed E-state index contributed by atoms with van der Waals surface area (Å²) in [6, 6.07) is 10.1. The topological polar surface area (TPSA) is 38.9 Å². The molecule has 0 aliphatic rings. The van der Waals surface area contributed by atoms with E-state index in [-0.39, 0.29) is 0 Å². The van der Waals surface area contributed by atoms with Gasteiger partial charge in [-0.05, 0) is 36.6 Å². The van der Waals surface area contributed by atoms with Crippen molar-refractivity contribution in [2.75, 3.05) is 6.54 Å². The van der Waals surface area contributed by atoms with Gasteiger partial charge in [-0.15, -0.1) is 0 Å². The average Bonchev–Trinajstić information content (AvgIpc) is 2.28. The van der Waals surface area contributed by atoms with Gasteiger partial charge in [-0.1, -0.05) is 36.7 Å². The molecule has 2 aromatic rings. The van der Waals surface area contributed by atoms with Crippen molar-refractivity contribution in [1.82, 2.24) is 4.98 Å². The molecule has 84 valence electrons. The van der Waals surface area contributed by atoms with Crippen LogP contribution in [0.4, 0.5) is 0 Å². The lowest BCUT2D eigenvalue weighted by Gasteiger charge is -2.12. The predicted molar refractivity (Wildman–Crippen MR) is 68.8 cm³/mol. The first-order valence-electron chi connectivity index (χ1n) is 5.47. The quantitative estimate of drug-likeness (QED) is 0.828. The van der Waals surface area contributed by atoms with Gasteiger partial charge < -0.3 is 5.73 Å². The van der Waals surface area contributed by atoms with Gasteiger partial charge in [-0.2, -0.15) is 0 Å². The fraction of sp³-hybridized carbons (Fsp3) is 0.308. The molecule has 2 rings (SSSR count). The summed E-state index contributed by atoms with van der Waals surface area (Å²) in [4.78, 5) is 4.40. The fourth-order valence-corrected chi connectivity index (χ4v) is 2.19. The van der Waals surface area contributed by atoms with Crippen LogP contribution in [0.25, 0.3) is 10.9 Å². The normalized spacial score (nSPS) is 12.9. The first-order valence-corrected chi connectivity index (χ1v) is 5.85. The molecule has 0 aliphatic carbocycles. The van der Waals surface area contributed by atoms with Crippen LogP contribution in [0.3, 0.4) is 0 Å². The summed E-state index contributed by atoms with van der Waals surface area (Å²) in [5.41, 5.74) is 7.60. The smallest absolute Gasteiger partial charge is 0.133 e. The van der Waals surface area contributed by atoms with Crippen LogP contribution in [0.5, 0.6) is 0 Å². The molecule has 0 bridgehead atoms. The maximum absolute atomic E-state index is 6.18. The number of halogens is 1. The van der Waals surface area contributed by atoms with Crippen molar-refractivity contribution in [2.45, 2.75) is 19.3 Å². The van der Waals surface area contributed by atoms with Crippen LogP contribution >= 0.6 is 11.6 Å². The lowest BCUT2D eigenvalue weighted by Crippen LogP contribution is -2.05. The number of nitrogens with two attached hydrogens (primary N) is 1. The Morgan fingerprint density at radius 3 is 2.88 bits per heavy atom. The minimum absolute atomic E-state index is 0.356. The largest absolute Gasteiger partial charge is 0.330 e. The molecule has 3 heteroatoms. The number of pyridine rings is 1. The molecule has 2 N–H and O–H groups in total. The number of rotatable bonds is 3. The Morgan fingerprint density at radius 1 is 1.38 bits per heavy atom. The Kier molecular flexibility index (Phi) is 3.42. The molecule has 0 aliphatic heterocycles. The molecule has 2 nitrogen and oxygen atoms in total. The second-order valence-corrected chi connectivity index (χ2v) is 4.40. The maximum atomic E-state index is 6.18. The molecule has 1 unspecified atom stereocenters. The number of fused-ring (bicyclic) bond motifs is 1. The van der Waals surface area contributed by atoms with Crippen molar-refractivity contribution in [2.24, 2.45) is 5.73 Å². The van der Waals surface area contributed by atoms with Gasteiger partial charge in [0.1, 0.15) is 5.15 Å². The molecule has 16 heavy (non-hydrogen) atoms. The van der Waals surface area contributed by atoms with E-state index >= 15 is 0 Å². The maximum Gasteiger partial charge on any atom is 0.133 e. The van der Waals surface area contributed by atoms with E-state index in [0.717, 1.165) is 22.9 Å². The van der Waals surface area contributed by atoms with Gasteiger partial charge >= 0.3 is 0 Å². The van der Waals surface area contributed by atoms with E-state index < -0.39 is 0 Å². The SMILES string of the molecule is CC(CCN)c1cc2ccccc2nc1Cl. The van der Waals surface area contributed by atoms with Gasteiger partial charge in [0.2, 0.25) is 0 Å². The lowest BCUT2D eigenvalue weighted by atomic mass is 9.98. The van der Waals surface area contributed by atoms with Crippen molar-refractivity contribution < 1.29 is 0 Å². The molecule has 0 amide bonds. The molecular weight excluding hydrogens is 220 g/mol. The van der Waals surface area contributed by atoms with Gasteiger partial charge in [-0.3, -0.25) is 0 Å². The summed E-state index contributed by atoms with van der Waals surface area (Å²) < 4.78 is 0. The summed E-state index contributed by atoms with van der Waals surface area (Å²) in [5.74, 6) is 0.356. The number of hydrogen-bond donors (Lipinski definition) is 1. The molecule has 1 heterocycles. The summed E-state index contributed by atoms with van der Waals surface area (Å²) in [6.07, 6.45) is 0.930. The van der Waals surface area contributed by atoms with Gasteiger partial charge in [0.15, 0.2) is 0 Å². The van der Waals surface area contributed by atoms with E-state index in [1.54, 1.807) is 0 Å². The van der Waals surface area contributed by atoms with Gasteiger partial charge in [0.25, 0.3) is 0 Å². The highest BCUT2D eigenvalue weighted by molar-refractivity contribution is 6.30. The molecule has 0 radical (unpaired) electrons. The van der Waals surface area contributed by atoms with Crippen LogP contribution in [-0.4, -0.2) is 11.5 Å². The van der Waals surface area contributed by atoms with Crippen LogP contribution in [-0.2, 0) is 0 Å². The second-order valence-electron chi connectivity index (χ2n) is 4.04. The third-order valence-electron chi connectivity index (χ3n) is 2.84. The zero-order chi connectivity index (χ0) is 11.5. The molecular formula is C13H15ClN2. The molecule has 0 saturated carbocycles. The van der Waals surface area contributed by atoms with Crippen LogP contribution in [0.1, 0.15) is 24.8 Å². The van der Waals surface area contributed by atoms with Crippen LogP contribution in [0, 0.1) is 0 Å². The van der Waals surface area contributed by atoms with Crippen molar-refractivity contribution in [3.05, 3.63) is 41.0 Å². The second kappa shape index (κ2) is 4.81. The minimum Gasteiger partial charge on any atom is -0.330 e. The summed E-state index contributed by atoms with van der Waals surface area (Å²) in [5, 5.41) is 1.73. The van der Waals surface area contributed by atoms with E-state index in [0.29, 0.717) is 17.6 Å². The summed E-state index contributed by atoms with van der Waals surface area (Å²) >= 11 is 6.18.